The smallest absolute Gasteiger partial charge is 0.391 e. The predicted octanol–water partition coefficient (Wildman–Crippen LogP) is 21.3. The molecule has 0 aliphatic rings. The molecule has 0 aliphatic heterocycles. The molecule has 0 aromatic carbocycles. The molecule has 3 N–H and O–H groups in total. The van der Waals surface area contributed by atoms with Gasteiger partial charge in [0.2, 0.25) is 5.91 Å². The first-order chi connectivity index (χ1) is 37.0. The zero-order valence-electron chi connectivity index (χ0n) is 52.0. The Morgan fingerprint density at radius 3 is 1.01 bits per heavy atom. The summed E-state index contributed by atoms with van der Waals surface area (Å²) in [6.07, 6.45) is 74.5. The van der Waals surface area contributed by atoms with E-state index in [9.17, 15) is 19.4 Å². The van der Waals surface area contributed by atoms with Gasteiger partial charge in [-0.15, -0.1) is 0 Å². The second kappa shape index (κ2) is 58.9. The summed E-state index contributed by atoms with van der Waals surface area (Å²) in [5.41, 5.74) is 0. The third kappa shape index (κ3) is 60.9. The summed E-state index contributed by atoms with van der Waals surface area (Å²) in [6, 6.07) is -0.759. The van der Waals surface area contributed by atoms with Crippen LogP contribution in [-0.4, -0.2) is 73.4 Å². The third-order valence-corrected chi connectivity index (χ3v) is 17.0. The molecular formula is C67H136N2O6P+. The monoisotopic (exact) mass is 1100 g/mol. The molecule has 0 heterocycles. The van der Waals surface area contributed by atoms with Crippen LogP contribution in [0.1, 0.15) is 361 Å². The minimum absolute atomic E-state index is 0.0780. The van der Waals surface area contributed by atoms with Gasteiger partial charge in [0, 0.05) is 6.42 Å². The van der Waals surface area contributed by atoms with Crippen LogP contribution in [0.3, 0.4) is 0 Å². The highest BCUT2D eigenvalue weighted by Gasteiger charge is 2.28. The van der Waals surface area contributed by atoms with Gasteiger partial charge in [-0.05, 0) is 38.5 Å². The topological polar surface area (TPSA) is 105 Å². The van der Waals surface area contributed by atoms with Gasteiger partial charge in [0.25, 0.3) is 0 Å². The molecule has 0 fully saturated rings. The number of hydrogen-bond acceptors (Lipinski definition) is 5. The van der Waals surface area contributed by atoms with Gasteiger partial charge >= 0.3 is 7.82 Å². The van der Waals surface area contributed by atoms with Crippen molar-refractivity contribution in [2.75, 3.05) is 40.9 Å². The van der Waals surface area contributed by atoms with Crippen molar-refractivity contribution in [2.24, 2.45) is 0 Å². The Balaban J connectivity index is 4.01. The summed E-state index contributed by atoms with van der Waals surface area (Å²) in [6.45, 7) is 4.96. The molecule has 3 unspecified atom stereocenters. The maximum atomic E-state index is 13.1. The number of aliphatic hydroxyl groups is 1. The van der Waals surface area contributed by atoms with Crippen molar-refractivity contribution < 1.29 is 32.9 Å². The fraction of sp³-hybridized carbons (Fsp3) is 0.955. The molecule has 9 heteroatoms. The van der Waals surface area contributed by atoms with Crippen molar-refractivity contribution in [3.05, 3.63) is 12.2 Å². The van der Waals surface area contributed by atoms with Crippen molar-refractivity contribution in [3.63, 3.8) is 0 Å². The summed E-state index contributed by atoms with van der Waals surface area (Å²) in [5.74, 6) is -0.136. The Labute approximate surface area is 475 Å². The minimum Gasteiger partial charge on any atom is -0.391 e. The summed E-state index contributed by atoms with van der Waals surface area (Å²) in [7, 11) is 1.64. The Morgan fingerprint density at radius 2 is 0.711 bits per heavy atom. The van der Waals surface area contributed by atoms with E-state index in [-0.39, 0.29) is 19.1 Å². The highest BCUT2D eigenvalue weighted by atomic mass is 31.2. The molecule has 0 rings (SSSR count). The number of rotatable bonds is 64. The van der Waals surface area contributed by atoms with E-state index in [1.54, 1.807) is 0 Å². The normalized spacial score (nSPS) is 13.7. The first kappa shape index (κ1) is 75.2. The number of carbonyl (C=O) groups is 1. The van der Waals surface area contributed by atoms with Gasteiger partial charge in [0.1, 0.15) is 13.2 Å². The number of quaternary nitrogens is 1. The number of allylic oxidation sites excluding steroid dienone is 2. The summed E-state index contributed by atoms with van der Waals surface area (Å²) >= 11 is 0. The van der Waals surface area contributed by atoms with Gasteiger partial charge in [-0.1, -0.05) is 328 Å². The average molecular weight is 1100 g/mol. The molecule has 0 aliphatic carbocycles. The van der Waals surface area contributed by atoms with E-state index >= 15 is 0 Å². The number of hydrogen-bond donors (Lipinski definition) is 3. The SMILES string of the molecule is CCCCCCCCCCCCCC/C=C\CCCCCCCCCCCCCCCCCC(=O)NC(COP(=O)(O)OCC[N+](C)(C)C)C(O)CCCCCCCCCCCCCCCCCCCCCCCCC. The maximum absolute atomic E-state index is 13.1. The quantitative estimate of drug-likeness (QED) is 0.0243. The molecule has 8 nitrogen and oxygen atoms in total. The van der Waals surface area contributed by atoms with Crippen LogP contribution in [0, 0.1) is 0 Å². The van der Waals surface area contributed by atoms with E-state index < -0.39 is 20.0 Å². The zero-order chi connectivity index (χ0) is 55.6. The highest BCUT2D eigenvalue weighted by molar-refractivity contribution is 7.47. The molecule has 0 saturated carbocycles. The van der Waals surface area contributed by atoms with Gasteiger partial charge in [-0.3, -0.25) is 13.8 Å². The maximum Gasteiger partial charge on any atom is 0.472 e. The zero-order valence-corrected chi connectivity index (χ0v) is 52.9. The summed E-state index contributed by atoms with van der Waals surface area (Å²) < 4.78 is 23.9. The molecular weight excluding hydrogens is 960 g/mol. The lowest BCUT2D eigenvalue weighted by molar-refractivity contribution is -0.870. The minimum atomic E-state index is -4.33. The van der Waals surface area contributed by atoms with E-state index in [1.807, 2.05) is 21.1 Å². The highest BCUT2D eigenvalue weighted by Crippen LogP contribution is 2.43. The number of aliphatic hydroxyl groups excluding tert-OH is 1. The Morgan fingerprint density at radius 1 is 0.434 bits per heavy atom. The molecule has 454 valence electrons. The molecule has 1 amide bonds. The fourth-order valence-electron chi connectivity index (χ4n) is 10.7. The molecule has 0 aromatic heterocycles. The van der Waals surface area contributed by atoms with E-state index in [0.29, 0.717) is 23.9 Å². The second-order valence-electron chi connectivity index (χ2n) is 24.9. The molecule has 3 atom stereocenters. The number of nitrogens with one attached hydrogen (secondary N) is 1. The average Bonchev–Trinajstić information content (AvgIpc) is 3.38. The van der Waals surface area contributed by atoms with Crippen LogP contribution < -0.4 is 5.32 Å². The predicted molar refractivity (Wildman–Crippen MR) is 332 cm³/mol. The van der Waals surface area contributed by atoms with Crippen molar-refractivity contribution in [1.29, 1.82) is 0 Å². The Bertz CT molecular complexity index is 1240. The third-order valence-electron chi connectivity index (χ3n) is 16.0. The number of nitrogens with zero attached hydrogens (tertiary/aromatic N) is 1. The number of carbonyl (C=O) groups excluding carboxylic acids is 1. The molecule has 0 bridgehead atoms. The van der Waals surface area contributed by atoms with Crippen LogP contribution in [-0.2, 0) is 18.4 Å². The van der Waals surface area contributed by atoms with Crippen LogP contribution >= 0.6 is 7.82 Å². The van der Waals surface area contributed by atoms with Crippen molar-refractivity contribution in [1.82, 2.24) is 5.32 Å². The van der Waals surface area contributed by atoms with Gasteiger partial charge in [0.05, 0.1) is 39.9 Å². The Hall–Kier alpha value is -0.760. The standard InChI is InChI=1S/C67H135N2O6P/c1-6-8-10-12-14-16-18-20-22-24-26-28-30-31-32-33-34-35-36-37-39-41-43-45-47-49-51-53-55-57-59-61-67(71)68-65(64-75-76(72,73)74-63-62-69(3,4)5)66(70)60-58-56-54-52-50-48-46-44-42-40-38-29-27-25-23-21-19-17-15-13-11-9-7-2/h31-32,65-66,70H,6-30,33-64H2,1-5H3,(H-,68,71,72,73)/p+1/b32-31-. The van der Waals surface area contributed by atoms with Crippen LogP contribution in [0.4, 0.5) is 0 Å². The summed E-state index contributed by atoms with van der Waals surface area (Å²) in [5, 5.41) is 14.1. The lowest BCUT2D eigenvalue weighted by Gasteiger charge is -2.26. The van der Waals surface area contributed by atoms with Gasteiger partial charge in [-0.25, -0.2) is 4.57 Å². The van der Waals surface area contributed by atoms with Crippen LogP contribution in [0.2, 0.25) is 0 Å². The summed E-state index contributed by atoms with van der Waals surface area (Å²) in [4.78, 5) is 23.4. The molecule has 0 saturated heterocycles. The lowest BCUT2D eigenvalue weighted by Crippen LogP contribution is -2.46. The van der Waals surface area contributed by atoms with Gasteiger partial charge in [-0.2, -0.15) is 0 Å². The number of phosphoric acid groups is 1. The lowest BCUT2D eigenvalue weighted by atomic mass is 10.0. The molecule has 0 aromatic rings. The number of likely N-dealkylation sites (N-methyl/N-ethyl adjacent to an activating group) is 1. The number of phosphoric ester groups is 1. The molecule has 76 heavy (non-hydrogen) atoms. The van der Waals surface area contributed by atoms with Crippen molar-refractivity contribution in [2.45, 2.75) is 373 Å². The van der Waals surface area contributed by atoms with Crippen LogP contribution in [0.25, 0.3) is 0 Å². The first-order valence-corrected chi connectivity index (χ1v) is 35.5. The van der Waals surface area contributed by atoms with E-state index in [2.05, 4.69) is 31.3 Å². The van der Waals surface area contributed by atoms with Crippen molar-refractivity contribution in [3.8, 4) is 0 Å². The molecule has 0 spiro atoms. The van der Waals surface area contributed by atoms with Gasteiger partial charge < -0.3 is 19.8 Å². The van der Waals surface area contributed by atoms with Crippen LogP contribution in [0.15, 0.2) is 12.2 Å². The van der Waals surface area contributed by atoms with E-state index in [4.69, 9.17) is 9.05 Å². The fourth-order valence-corrected chi connectivity index (χ4v) is 11.4. The van der Waals surface area contributed by atoms with Gasteiger partial charge in [0.15, 0.2) is 0 Å². The Kier molecular flexibility index (Phi) is 58.3. The number of amides is 1. The van der Waals surface area contributed by atoms with E-state index in [0.717, 1.165) is 38.5 Å². The van der Waals surface area contributed by atoms with Crippen molar-refractivity contribution >= 4 is 13.7 Å². The molecule has 0 radical (unpaired) electrons. The second-order valence-corrected chi connectivity index (χ2v) is 26.4. The largest absolute Gasteiger partial charge is 0.472 e. The van der Waals surface area contributed by atoms with Crippen LogP contribution in [0.5, 0.6) is 0 Å². The van der Waals surface area contributed by atoms with E-state index in [1.165, 1.54) is 295 Å². The first-order valence-electron chi connectivity index (χ1n) is 34.1. The number of unbranched alkanes of at least 4 members (excludes halogenated alkanes) is 49.